The number of hydrogen-bond donors (Lipinski definition) is 1. The Morgan fingerprint density at radius 1 is 1.28 bits per heavy atom. The zero-order valence-corrected chi connectivity index (χ0v) is 11.0. The summed E-state index contributed by atoms with van der Waals surface area (Å²) in [5.41, 5.74) is 7.11. The van der Waals surface area contributed by atoms with Crippen LogP contribution in [0.5, 0.6) is 11.6 Å². The van der Waals surface area contributed by atoms with E-state index >= 15 is 0 Å². The maximum atomic E-state index is 5.93. The molecule has 0 bridgehead atoms. The molecule has 0 atom stereocenters. The molecule has 0 radical (unpaired) electrons. The summed E-state index contributed by atoms with van der Waals surface area (Å²) >= 11 is 5.93. The second kappa shape index (κ2) is 5.23. The molecule has 0 fully saturated rings. The van der Waals surface area contributed by atoms with Crippen LogP contribution in [0, 0.1) is 6.92 Å². The number of aromatic nitrogens is 2. The van der Waals surface area contributed by atoms with Crippen LogP contribution in [0.1, 0.15) is 18.4 Å². The number of aryl methyl sites for hydroxylation is 2. The number of nitrogen functional groups attached to an aromatic ring is 1. The molecule has 0 aliphatic rings. The number of rotatable bonds is 3. The first kappa shape index (κ1) is 12.6. The average molecular weight is 264 g/mol. The van der Waals surface area contributed by atoms with E-state index in [2.05, 4.69) is 9.97 Å². The highest BCUT2D eigenvalue weighted by atomic mass is 35.5. The van der Waals surface area contributed by atoms with Crippen molar-refractivity contribution in [2.24, 2.45) is 0 Å². The molecule has 4 nitrogen and oxygen atoms in total. The van der Waals surface area contributed by atoms with Crippen molar-refractivity contribution in [3.05, 3.63) is 40.8 Å². The smallest absolute Gasteiger partial charge is 0.222 e. The molecule has 0 aliphatic carbocycles. The second-order valence-corrected chi connectivity index (χ2v) is 4.29. The normalized spacial score (nSPS) is 10.4. The van der Waals surface area contributed by atoms with E-state index in [1.165, 1.54) is 0 Å². The summed E-state index contributed by atoms with van der Waals surface area (Å²) in [5, 5.41) is 0.467. The fourth-order valence-electron chi connectivity index (χ4n) is 1.52. The molecule has 1 heterocycles. The predicted octanol–water partition coefficient (Wildman–Crippen LogP) is 3.38. The molecule has 94 valence electrons. The van der Waals surface area contributed by atoms with Crippen molar-refractivity contribution in [2.45, 2.75) is 20.3 Å². The van der Waals surface area contributed by atoms with Gasteiger partial charge in [0, 0.05) is 17.8 Å². The van der Waals surface area contributed by atoms with Crippen LogP contribution in [0.25, 0.3) is 0 Å². The van der Waals surface area contributed by atoms with Gasteiger partial charge in [-0.25, -0.2) is 4.98 Å². The lowest BCUT2D eigenvalue weighted by Crippen LogP contribution is -1.97. The second-order valence-electron chi connectivity index (χ2n) is 3.88. The molecular weight excluding hydrogens is 250 g/mol. The number of halogens is 1. The molecule has 0 saturated carbocycles. The van der Waals surface area contributed by atoms with E-state index in [1.54, 1.807) is 18.2 Å². The Bertz CT molecular complexity index is 572. The highest BCUT2D eigenvalue weighted by Crippen LogP contribution is 2.27. The summed E-state index contributed by atoms with van der Waals surface area (Å²) in [6, 6.07) is 6.94. The van der Waals surface area contributed by atoms with Gasteiger partial charge in [0.2, 0.25) is 5.88 Å². The minimum atomic E-state index is 0.467. The van der Waals surface area contributed by atoms with E-state index < -0.39 is 0 Å². The summed E-state index contributed by atoms with van der Waals surface area (Å²) in [6.45, 7) is 3.87. The Morgan fingerprint density at radius 3 is 2.72 bits per heavy atom. The van der Waals surface area contributed by atoms with Crippen LogP contribution < -0.4 is 10.5 Å². The van der Waals surface area contributed by atoms with E-state index in [0.717, 1.165) is 12.1 Å². The topological polar surface area (TPSA) is 61.0 Å². The standard InChI is InChI=1S/C13H14ClN3O/c1-3-9-6-13(17-8(2)16-9)18-10-4-5-12(15)11(14)7-10/h4-7H,3,15H2,1-2H3. The van der Waals surface area contributed by atoms with Gasteiger partial charge in [-0.3, -0.25) is 0 Å². The van der Waals surface area contributed by atoms with Gasteiger partial charge in [-0.05, 0) is 25.5 Å². The molecule has 2 rings (SSSR count). The monoisotopic (exact) mass is 263 g/mol. The third kappa shape index (κ3) is 2.90. The Hall–Kier alpha value is -1.81. The first-order valence-corrected chi connectivity index (χ1v) is 6.03. The highest BCUT2D eigenvalue weighted by molar-refractivity contribution is 6.33. The molecule has 18 heavy (non-hydrogen) atoms. The summed E-state index contributed by atoms with van der Waals surface area (Å²) in [6.07, 6.45) is 0.836. The van der Waals surface area contributed by atoms with Gasteiger partial charge in [-0.15, -0.1) is 0 Å². The van der Waals surface area contributed by atoms with Crippen LogP contribution in [0.3, 0.4) is 0 Å². The van der Waals surface area contributed by atoms with Crippen LogP contribution in [0.2, 0.25) is 5.02 Å². The Balaban J connectivity index is 2.27. The van der Waals surface area contributed by atoms with Gasteiger partial charge >= 0.3 is 0 Å². The average Bonchev–Trinajstić information content (AvgIpc) is 2.33. The maximum absolute atomic E-state index is 5.93. The lowest BCUT2D eigenvalue weighted by atomic mass is 10.3. The van der Waals surface area contributed by atoms with Crippen molar-refractivity contribution in [1.29, 1.82) is 0 Å². The largest absolute Gasteiger partial charge is 0.439 e. The van der Waals surface area contributed by atoms with Gasteiger partial charge in [0.25, 0.3) is 0 Å². The minimum absolute atomic E-state index is 0.467. The van der Waals surface area contributed by atoms with Crippen LogP contribution >= 0.6 is 11.6 Å². The molecule has 0 unspecified atom stereocenters. The first-order valence-electron chi connectivity index (χ1n) is 5.66. The number of ether oxygens (including phenoxy) is 1. The fourth-order valence-corrected chi connectivity index (χ4v) is 1.70. The van der Waals surface area contributed by atoms with Crippen LogP contribution in [0.4, 0.5) is 5.69 Å². The van der Waals surface area contributed by atoms with E-state index in [4.69, 9.17) is 22.1 Å². The third-order valence-electron chi connectivity index (χ3n) is 2.42. The summed E-state index contributed by atoms with van der Waals surface area (Å²) in [4.78, 5) is 8.51. The summed E-state index contributed by atoms with van der Waals surface area (Å²) in [5.74, 6) is 1.81. The van der Waals surface area contributed by atoms with Crippen molar-refractivity contribution < 1.29 is 4.74 Å². The Morgan fingerprint density at radius 2 is 2.06 bits per heavy atom. The fraction of sp³-hybridized carbons (Fsp3) is 0.231. The van der Waals surface area contributed by atoms with Crippen molar-refractivity contribution in [3.63, 3.8) is 0 Å². The molecule has 2 aromatic rings. The maximum Gasteiger partial charge on any atom is 0.222 e. The number of anilines is 1. The summed E-state index contributed by atoms with van der Waals surface area (Å²) < 4.78 is 5.65. The molecular formula is C13H14ClN3O. The Labute approximate surface area is 111 Å². The van der Waals surface area contributed by atoms with E-state index in [0.29, 0.717) is 28.2 Å². The lowest BCUT2D eigenvalue weighted by molar-refractivity contribution is 0.458. The van der Waals surface area contributed by atoms with Crippen LogP contribution in [-0.2, 0) is 6.42 Å². The van der Waals surface area contributed by atoms with Gasteiger partial charge in [0.1, 0.15) is 11.6 Å². The van der Waals surface area contributed by atoms with E-state index in [-0.39, 0.29) is 0 Å². The summed E-state index contributed by atoms with van der Waals surface area (Å²) in [7, 11) is 0. The zero-order valence-electron chi connectivity index (χ0n) is 10.3. The first-order chi connectivity index (χ1) is 8.58. The van der Waals surface area contributed by atoms with Gasteiger partial charge in [-0.2, -0.15) is 4.98 Å². The molecule has 0 aliphatic heterocycles. The van der Waals surface area contributed by atoms with Gasteiger partial charge in [0.15, 0.2) is 0 Å². The molecule has 1 aromatic heterocycles. The number of hydrogen-bond acceptors (Lipinski definition) is 4. The van der Waals surface area contributed by atoms with Gasteiger partial charge in [-0.1, -0.05) is 18.5 Å². The molecule has 2 N–H and O–H groups in total. The van der Waals surface area contributed by atoms with Crippen molar-refractivity contribution in [1.82, 2.24) is 9.97 Å². The quantitative estimate of drug-likeness (QED) is 0.863. The van der Waals surface area contributed by atoms with Crippen molar-refractivity contribution >= 4 is 17.3 Å². The SMILES string of the molecule is CCc1cc(Oc2ccc(N)c(Cl)c2)nc(C)n1. The highest BCUT2D eigenvalue weighted by Gasteiger charge is 2.05. The lowest BCUT2D eigenvalue weighted by Gasteiger charge is -2.08. The number of nitrogens with zero attached hydrogens (tertiary/aromatic N) is 2. The number of benzene rings is 1. The Kier molecular flexibility index (Phi) is 3.67. The van der Waals surface area contributed by atoms with Crippen molar-refractivity contribution in [2.75, 3.05) is 5.73 Å². The van der Waals surface area contributed by atoms with Crippen LogP contribution in [0.15, 0.2) is 24.3 Å². The molecule has 0 saturated heterocycles. The third-order valence-corrected chi connectivity index (χ3v) is 2.75. The molecule has 1 aromatic carbocycles. The zero-order chi connectivity index (χ0) is 13.1. The van der Waals surface area contributed by atoms with Crippen molar-refractivity contribution in [3.8, 4) is 11.6 Å². The van der Waals surface area contributed by atoms with Crippen LogP contribution in [-0.4, -0.2) is 9.97 Å². The predicted molar refractivity (Wildman–Crippen MR) is 72.1 cm³/mol. The number of nitrogens with two attached hydrogens (primary N) is 1. The minimum Gasteiger partial charge on any atom is -0.439 e. The van der Waals surface area contributed by atoms with Gasteiger partial charge in [0.05, 0.1) is 10.7 Å². The van der Waals surface area contributed by atoms with Gasteiger partial charge < -0.3 is 10.5 Å². The molecule has 5 heteroatoms. The van der Waals surface area contributed by atoms with E-state index in [9.17, 15) is 0 Å². The molecule has 0 spiro atoms. The molecule has 0 amide bonds. The van der Waals surface area contributed by atoms with E-state index in [1.807, 2.05) is 19.9 Å².